The molecule has 0 aliphatic heterocycles. The number of hydrogen-bond donors (Lipinski definition) is 0. The van der Waals surface area contributed by atoms with Crippen molar-refractivity contribution in [3.05, 3.63) is 65.0 Å². The van der Waals surface area contributed by atoms with E-state index >= 15 is 0 Å². The van der Waals surface area contributed by atoms with E-state index < -0.39 is 11.7 Å². The number of benzene rings is 1. The van der Waals surface area contributed by atoms with E-state index in [0.29, 0.717) is 11.3 Å². The molecule has 0 bridgehead atoms. The molecule has 0 unspecified atom stereocenters. The summed E-state index contributed by atoms with van der Waals surface area (Å²) >= 11 is 0. The summed E-state index contributed by atoms with van der Waals surface area (Å²) in [6.07, 6.45) is -4.36. The minimum Gasteiger partial charge on any atom is -0.336 e. The second-order valence-corrected chi connectivity index (χ2v) is 5.02. The molecule has 6 heteroatoms. The third-order valence-electron chi connectivity index (χ3n) is 3.16. The molecule has 0 saturated carbocycles. The Kier molecular flexibility index (Phi) is 4.49. The molecule has 2 rings (SSSR count). The van der Waals surface area contributed by atoms with Gasteiger partial charge in [0.2, 0.25) is 0 Å². The molecule has 0 N–H and O–H groups in total. The normalized spacial score (nSPS) is 11.3. The van der Waals surface area contributed by atoms with E-state index in [-0.39, 0.29) is 12.5 Å². The second kappa shape index (κ2) is 6.17. The van der Waals surface area contributed by atoms with Crippen LogP contribution >= 0.6 is 0 Å². The largest absolute Gasteiger partial charge is 0.416 e. The maximum Gasteiger partial charge on any atom is 0.416 e. The van der Waals surface area contributed by atoms with Crippen LogP contribution in [0, 0.1) is 6.92 Å². The van der Waals surface area contributed by atoms with Crippen LogP contribution in [0.4, 0.5) is 13.2 Å². The van der Waals surface area contributed by atoms with Crippen molar-refractivity contribution in [1.82, 2.24) is 9.88 Å². The van der Waals surface area contributed by atoms with Gasteiger partial charge in [-0.05, 0) is 36.8 Å². The maximum atomic E-state index is 12.5. The Bertz CT molecular complexity index is 666. The van der Waals surface area contributed by atoms with Crippen molar-refractivity contribution in [1.29, 1.82) is 0 Å². The van der Waals surface area contributed by atoms with Gasteiger partial charge in [-0.25, -0.2) is 4.98 Å². The molecule has 116 valence electrons. The molecule has 0 radical (unpaired) electrons. The van der Waals surface area contributed by atoms with Crippen LogP contribution in [0.3, 0.4) is 0 Å². The van der Waals surface area contributed by atoms with Gasteiger partial charge in [0, 0.05) is 19.3 Å². The van der Waals surface area contributed by atoms with Crippen LogP contribution < -0.4 is 0 Å². The summed E-state index contributed by atoms with van der Waals surface area (Å²) in [7, 11) is 1.59. The van der Waals surface area contributed by atoms with Gasteiger partial charge >= 0.3 is 6.18 Å². The Morgan fingerprint density at radius 1 is 1.14 bits per heavy atom. The van der Waals surface area contributed by atoms with Crippen molar-refractivity contribution in [2.24, 2.45) is 0 Å². The number of carbonyl (C=O) groups is 1. The van der Waals surface area contributed by atoms with Crippen molar-refractivity contribution >= 4 is 5.91 Å². The zero-order valence-electron chi connectivity index (χ0n) is 12.2. The molecule has 0 aliphatic rings. The number of amides is 1. The molecule has 22 heavy (non-hydrogen) atoms. The first-order chi connectivity index (χ1) is 10.3. The average Bonchev–Trinajstić information content (AvgIpc) is 2.46. The predicted octanol–water partition coefficient (Wildman–Crippen LogP) is 3.68. The Morgan fingerprint density at radius 2 is 1.77 bits per heavy atom. The van der Waals surface area contributed by atoms with Gasteiger partial charge in [-0.2, -0.15) is 13.2 Å². The Hall–Kier alpha value is -2.37. The Balaban J connectivity index is 2.08. The Morgan fingerprint density at radius 3 is 2.32 bits per heavy atom. The zero-order chi connectivity index (χ0) is 16.3. The lowest BCUT2D eigenvalue weighted by Gasteiger charge is -2.17. The molecule has 2 aromatic rings. The minimum atomic E-state index is -4.36. The molecule has 1 aromatic carbocycles. The van der Waals surface area contributed by atoms with Crippen molar-refractivity contribution in [2.75, 3.05) is 7.05 Å². The molecule has 1 aromatic heterocycles. The van der Waals surface area contributed by atoms with Gasteiger partial charge in [0.25, 0.3) is 5.91 Å². The molecular weight excluding hydrogens is 293 g/mol. The van der Waals surface area contributed by atoms with Gasteiger partial charge in [0.1, 0.15) is 5.69 Å². The van der Waals surface area contributed by atoms with Gasteiger partial charge in [-0.1, -0.05) is 18.2 Å². The van der Waals surface area contributed by atoms with E-state index in [4.69, 9.17) is 0 Å². The van der Waals surface area contributed by atoms with Crippen LogP contribution in [-0.4, -0.2) is 22.8 Å². The fraction of sp³-hybridized carbons (Fsp3) is 0.250. The number of alkyl halides is 3. The van der Waals surface area contributed by atoms with E-state index in [1.54, 1.807) is 32.2 Å². The van der Waals surface area contributed by atoms with Gasteiger partial charge in [-0.15, -0.1) is 0 Å². The van der Waals surface area contributed by atoms with E-state index in [0.717, 1.165) is 17.8 Å². The predicted molar refractivity (Wildman–Crippen MR) is 76.2 cm³/mol. The van der Waals surface area contributed by atoms with Gasteiger partial charge in [0.15, 0.2) is 0 Å². The standard InChI is InChI=1S/C16H15F3N2O/c1-11-4-3-5-14(20-11)15(22)21(2)10-12-6-8-13(9-7-12)16(17,18)19/h3-9H,10H2,1-2H3. The Labute approximate surface area is 126 Å². The number of hydrogen-bond acceptors (Lipinski definition) is 2. The highest BCUT2D eigenvalue weighted by atomic mass is 19.4. The van der Waals surface area contributed by atoms with Crippen molar-refractivity contribution in [3.8, 4) is 0 Å². The lowest BCUT2D eigenvalue weighted by Crippen LogP contribution is -2.27. The molecule has 3 nitrogen and oxygen atoms in total. The third-order valence-corrected chi connectivity index (χ3v) is 3.16. The van der Waals surface area contributed by atoms with E-state index in [2.05, 4.69) is 4.98 Å². The van der Waals surface area contributed by atoms with E-state index in [9.17, 15) is 18.0 Å². The fourth-order valence-corrected chi connectivity index (χ4v) is 2.00. The third kappa shape index (κ3) is 3.84. The minimum absolute atomic E-state index is 0.215. The highest BCUT2D eigenvalue weighted by molar-refractivity contribution is 5.92. The van der Waals surface area contributed by atoms with E-state index in [1.165, 1.54) is 17.0 Å². The highest BCUT2D eigenvalue weighted by Crippen LogP contribution is 2.29. The second-order valence-electron chi connectivity index (χ2n) is 5.02. The van der Waals surface area contributed by atoms with Crippen LogP contribution in [0.1, 0.15) is 27.3 Å². The number of rotatable bonds is 3. The summed E-state index contributed by atoms with van der Waals surface area (Å²) in [5, 5.41) is 0. The molecule has 1 heterocycles. The van der Waals surface area contributed by atoms with E-state index in [1.807, 2.05) is 0 Å². The first-order valence-electron chi connectivity index (χ1n) is 6.62. The molecule has 1 amide bonds. The maximum absolute atomic E-state index is 12.5. The smallest absolute Gasteiger partial charge is 0.336 e. The summed E-state index contributed by atoms with van der Waals surface area (Å²) in [6, 6.07) is 9.90. The molecule has 0 fully saturated rings. The average molecular weight is 308 g/mol. The van der Waals surface area contributed by atoms with Gasteiger partial charge < -0.3 is 4.90 Å². The zero-order valence-corrected chi connectivity index (χ0v) is 12.2. The van der Waals surface area contributed by atoms with Crippen LogP contribution in [0.15, 0.2) is 42.5 Å². The van der Waals surface area contributed by atoms with Crippen molar-refractivity contribution < 1.29 is 18.0 Å². The highest BCUT2D eigenvalue weighted by Gasteiger charge is 2.30. The molecule has 0 aliphatic carbocycles. The summed E-state index contributed by atoms with van der Waals surface area (Å²) in [6.45, 7) is 2.00. The quantitative estimate of drug-likeness (QED) is 0.866. The topological polar surface area (TPSA) is 33.2 Å². The van der Waals surface area contributed by atoms with Crippen LogP contribution in [0.25, 0.3) is 0 Å². The SMILES string of the molecule is Cc1cccc(C(=O)N(C)Cc2ccc(C(F)(F)F)cc2)n1. The van der Waals surface area contributed by atoms with Crippen LogP contribution in [0.2, 0.25) is 0 Å². The fourth-order valence-electron chi connectivity index (χ4n) is 2.00. The summed E-state index contributed by atoms with van der Waals surface area (Å²) in [5.74, 6) is -0.274. The van der Waals surface area contributed by atoms with Crippen LogP contribution in [0.5, 0.6) is 0 Å². The number of carbonyl (C=O) groups excluding carboxylic acids is 1. The number of nitrogens with zero attached hydrogens (tertiary/aromatic N) is 2. The van der Waals surface area contributed by atoms with Gasteiger partial charge in [-0.3, -0.25) is 4.79 Å². The molecule has 0 atom stereocenters. The number of aryl methyl sites for hydroxylation is 1. The van der Waals surface area contributed by atoms with Gasteiger partial charge in [0.05, 0.1) is 5.56 Å². The first kappa shape index (κ1) is 16.0. The first-order valence-corrected chi connectivity index (χ1v) is 6.62. The lowest BCUT2D eigenvalue weighted by molar-refractivity contribution is -0.137. The monoisotopic (exact) mass is 308 g/mol. The number of halogens is 3. The lowest BCUT2D eigenvalue weighted by atomic mass is 10.1. The summed E-state index contributed by atoms with van der Waals surface area (Å²) < 4.78 is 37.5. The molecule has 0 saturated heterocycles. The van der Waals surface area contributed by atoms with Crippen LogP contribution in [-0.2, 0) is 12.7 Å². The number of pyridine rings is 1. The number of aromatic nitrogens is 1. The summed E-state index contributed by atoms with van der Waals surface area (Å²) in [5.41, 5.74) is 0.963. The summed E-state index contributed by atoms with van der Waals surface area (Å²) in [4.78, 5) is 17.8. The van der Waals surface area contributed by atoms with Crippen molar-refractivity contribution in [2.45, 2.75) is 19.6 Å². The molecule has 0 spiro atoms. The molecular formula is C16H15F3N2O. The van der Waals surface area contributed by atoms with Crippen molar-refractivity contribution in [3.63, 3.8) is 0 Å².